The summed E-state index contributed by atoms with van der Waals surface area (Å²) in [4.78, 5) is 0. The molecule has 2 rings (SSSR count). The van der Waals surface area contributed by atoms with Gasteiger partial charge in [-0.25, -0.2) is 0 Å². The van der Waals surface area contributed by atoms with Gasteiger partial charge < -0.3 is 10.4 Å². The molecule has 0 saturated heterocycles. The molecule has 94 valence electrons. The van der Waals surface area contributed by atoms with Gasteiger partial charge >= 0.3 is 0 Å². The molecular weight excluding hydrogens is 278 g/mol. The standard InChI is InChI=1S/C14H20BrNO/c15-12-7-5-4-6-11(12)10-16-13-8-2-1-3-9-14(13)17/h4-7,13-14,16-17H,1-3,8-10H2. The maximum Gasteiger partial charge on any atom is 0.0693 e. The molecule has 17 heavy (non-hydrogen) atoms. The molecule has 3 heteroatoms. The number of benzene rings is 1. The molecule has 1 aromatic carbocycles. The van der Waals surface area contributed by atoms with E-state index in [0.717, 1.165) is 30.3 Å². The normalized spacial score (nSPS) is 25.5. The van der Waals surface area contributed by atoms with Crippen LogP contribution in [0.15, 0.2) is 28.7 Å². The summed E-state index contributed by atoms with van der Waals surface area (Å²) in [6, 6.07) is 8.49. The first-order chi connectivity index (χ1) is 8.27. The summed E-state index contributed by atoms with van der Waals surface area (Å²) in [5.74, 6) is 0. The quantitative estimate of drug-likeness (QED) is 0.840. The Morgan fingerprint density at radius 1 is 1.18 bits per heavy atom. The first-order valence-electron chi connectivity index (χ1n) is 6.42. The van der Waals surface area contributed by atoms with Crippen molar-refractivity contribution in [2.24, 2.45) is 0 Å². The van der Waals surface area contributed by atoms with Crippen molar-refractivity contribution in [2.75, 3.05) is 0 Å². The van der Waals surface area contributed by atoms with Crippen LogP contribution in [-0.2, 0) is 6.54 Å². The van der Waals surface area contributed by atoms with Gasteiger partial charge in [-0.05, 0) is 24.5 Å². The number of hydrogen-bond donors (Lipinski definition) is 2. The molecule has 2 atom stereocenters. The Bertz CT molecular complexity index is 356. The van der Waals surface area contributed by atoms with E-state index in [1.54, 1.807) is 0 Å². The van der Waals surface area contributed by atoms with Gasteiger partial charge in [0, 0.05) is 17.1 Å². The third-order valence-electron chi connectivity index (χ3n) is 3.49. The number of nitrogens with one attached hydrogen (secondary N) is 1. The second-order valence-electron chi connectivity index (χ2n) is 4.78. The molecule has 0 heterocycles. The highest BCUT2D eigenvalue weighted by atomic mass is 79.9. The maximum absolute atomic E-state index is 10.0. The van der Waals surface area contributed by atoms with Crippen molar-refractivity contribution >= 4 is 15.9 Å². The van der Waals surface area contributed by atoms with Crippen LogP contribution < -0.4 is 5.32 Å². The van der Waals surface area contributed by atoms with E-state index in [1.165, 1.54) is 18.4 Å². The summed E-state index contributed by atoms with van der Waals surface area (Å²) >= 11 is 3.55. The lowest BCUT2D eigenvalue weighted by Crippen LogP contribution is -2.38. The van der Waals surface area contributed by atoms with Crippen LogP contribution in [-0.4, -0.2) is 17.3 Å². The molecule has 0 spiro atoms. The molecule has 1 aliphatic carbocycles. The van der Waals surface area contributed by atoms with Crippen LogP contribution in [0.3, 0.4) is 0 Å². The van der Waals surface area contributed by atoms with Crippen LogP contribution in [0.25, 0.3) is 0 Å². The van der Waals surface area contributed by atoms with Crippen molar-refractivity contribution in [2.45, 2.75) is 50.8 Å². The second-order valence-corrected chi connectivity index (χ2v) is 5.64. The number of rotatable bonds is 3. The van der Waals surface area contributed by atoms with E-state index in [4.69, 9.17) is 0 Å². The molecule has 0 aromatic heterocycles. The largest absolute Gasteiger partial charge is 0.392 e. The summed E-state index contributed by atoms with van der Waals surface area (Å²) in [6.45, 7) is 0.823. The topological polar surface area (TPSA) is 32.3 Å². The van der Waals surface area contributed by atoms with Gasteiger partial charge in [0.25, 0.3) is 0 Å². The smallest absolute Gasteiger partial charge is 0.0693 e. The van der Waals surface area contributed by atoms with Gasteiger partial charge in [-0.1, -0.05) is 53.4 Å². The Labute approximate surface area is 112 Å². The summed E-state index contributed by atoms with van der Waals surface area (Å²) in [5.41, 5.74) is 1.25. The molecule has 1 aliphatic rings. The van der Waals surface area contributed by atoms with Gasteiger partial charge in [-0.2, -0.15) is 0 Å². The molecule has 1 saturated carbocycles. The Morgan fingerprint density at radius 2 is 1.94 bits per heavy atom. The minimum absolute atomic E-state index is 0.181. The monoisotopic (exact) mass is 297 g/mol. The predicted octanol–water partition coefficient (Wildman–Crippen LogP) is 3.23. The van der Waals surface area contributed by atoms with Crippen LogP contribution in [0, 0.1) is 0 Å². The van der Waals surface area contributed by atoms with Gasteiger partial charge in [-0.15, -0.1) is 0 Å². The van der Waals surface area contributed by atoms with Crippen molar-refractivity contribution in [1.29, 1.82) is 0 Å². The first-order valence-corrected chi connectivity index (χ1v) is 7.21. The number of hydrogen-bond acceptors (Lipinski definition) is 2. The van der Waals surface area contributed by atoms with Gasteiger partial charge in [-0.3, -0.25) is 0 Å². The highest BCUT2D eigenvalue weighted by Crippen LogP contribution is 2.20. The lowest BCUT2D eigenvalue weighted by Gasteiger charge is -2.22. The van der Waals surface area contributed by atoms with Crippen molar-refractivity contribution in [3.05, 3.63) is 34.3 Å². The van der Waals surface area contributed by atoms with E-state index in [9.17, 15) is 5.11 Å². The summed E-state index contributed by atoms with van der Waals surface area (Å²) in [6.07, 6.45) is 5.49. The van der Waals surface area contributed by atoms with Gasteiger partial charge in [0.15, 0.2) is 0 Å². The van der Waals surface area contributed by atoms with E-state index >= 15 is 0 Å². The number of aliphatic hydroxyl groups excluding tert-OH is 1. The molecule has 1 fully saturated rings. The fraction of sp³-hybridized carbons (Fsp3) is 0.571. The average molecular weight is 298 g/mol. The Hall–Kier alpha value is -0.380. The molecule has 2 nitrogen and oxygen atoms in total. The van der Waals surface area contributed by atoms with E-state index in [-0.39, 0.29) is 12.1 Å². The fourth-order valence-electron chi connectivity index (χ4n) is 2.41. The zero-order valence-corrected chi connectivity index (χ0v) is 11.6. The molecule has 2 unspecified atom stereocenters. The lowest BCUT2D eigenvalue weighted by atomic mass is 10.1. The minimum atomic E-state index is -0.181. The number of halogens is 1. The minimum Gasteiger partial charge on any atom is -0.392 e. The molecule has 1 aromatic rings. The average Bonchev–Trinajstić information content (AvgIpc) is 2.53. The lowest BCUT2D eigenvalue weighted by molar-refractivity contribution is 0.119. The van der Waals surface area contributed by atoms with Gasteiger partial charge in [0.05, 0.1) is 6.10 Å². The zero-order valence-electron chi connectivity index (χ0n) is 10.0. The SMILES string of the molecule is OC1CCCCCC1NCc1ccccc1Br. The Morgan fingerprint density at radius 3 is 2.76 bits per heavy atom. The maximum atomic E-state index is 10.0. The predicted molar refractivity (Wildman–Crippen MR) is 73.9 cm³/mol. The highest BCUT2D eigenvalue weighted by Gasteiger charge is 2.20. The third kappa shape index (κ3) is 3.80. The van der Waals surface area contributed by atoms with E-state index in [2.05, 4.69) is 33.4 Å². The van der Waals surface area contributed by atoms with E-state index < -0.39 is 0 Å². The molecule has 0 bridgehead atoms. The van der Waals surface area contributed by atoms with Gasteiger partial charge in [0.2, 0.25) is 0 Å². The van der Waals surface area contributed by atoms with Crippen molar-refractivity contribution < 1.29 is 5.11 Å². The van der Waals surface area contributed by atoms with Crippen molar-refractivity contribution in [1.82, 2.24) is 5.32 Å². The summed E-state index contributed by atoms with van der Waals surface area (Å²) in [7, 11) is 0. The molecule has 2 N–H and O–H groups in total. The Kier molecular flexibility index (Phi) is 5.01. The third-order valence-corrected chi connectivity index (χ3v) is 4.27. The fourth-order valence-corrected chi connectivity index (χ4v) is 2.83. The molecule has 0 amide bonds. The van der Waals surface area contributed by atoms with Gasteiger partial charge in [0.1, 0.15) is 0 Å². The second kappa shape index (κ2) is 6.53. The molecule has 0 aliphatic heterocycles. The van der Waals surface area contributed by atoms with Crippen LogP contribution >= 0.6 is 15.9 Å². The van der Waals surface area contributed by atoms with Crippen molar-refractivity contribution in [3.8, 4) is 0 Å². The van der Waals surface area contributed by atoms with Crippen LogP contribution in [0.5, 0.6) is 0 Å². The van der Waals surface area contributed by atoms with Crippen LogP contribution in [0.1, 0.15) is 37.7 Å². The summed E-state index contributed by atoms with van der Waals surface area (Å²) < 4.78 is 1.13. The highest BCUT2D eigenvalue weighted by molar-refractivity contribution is 9.10. The van der Waals surface area contributed by atoms with E-state index in [1.807, 2.05) is 12.1 Å². The molecular formula is C14H20BrNO. The first kappa shape index (κ1) is 13.1. The van der Waals surface area contributed by atoms with Crippen molar-refractivity contribution in [3.63, 3.8) is 0 Å². The zero-order chi connectivity index (χ0) is 12.1. The van der Waals surface area contributed by atoms with Crippen LogP contribution in [0.4, 0.5) is 0 Å². The number of aliphatic hydroxyl groups is 1. The van der Waals surface area contributed by atoms with Crippen LogP contribution in [0.2, 0.25) is 0 Å². The van der Waals surface area contributed by atoms with E-state index in [0.29, 0.717) is 0 Å². The summed E-state index contributed by atoms with van der Waals surface area (Å²) in [5, 5.41) is 13.5. The molecule has 0 radical (unpaired) electrons. The Balaban J connectivity index is 1.90.